The number of hydrazine groups is 1. The first-order valence-corrected chi connectivity index (χ1v) is 9.20. The first kappa shape index (κ1) is 22.1. The molecule has 150 valence electrons. The minimum Gasteiger partial charge on any atom is -0.331 e. The van der Waals surface area contributed by atoms with Gasteiger partial charge < -0.3 is 10.6 Å². The minimum absolute atomic E-state index is 0.0718. The van der Waals surface area contributed by atoms with Gasteiger partial charge in [0.05, 0.1) is 11.3 Å². The second-order valence-corrected chi connectivity index (χ2v) is 6.98. The van der Waals surface area contributed by atoms with E-state index in [1.165, 1.54) is 30.3 Å². The van der Waals surface area contributed by atoms with Crippen LogP contribution < -0.4 is 21.5 Å². The maximum Gasteiger partial charge on any atom is 0.418 e. The maximum atomic E-state index is 13.0. The van der Waals surface area contributed by atoms with Crippen molar-refractivity contribution in [1.82, 2.24) is 10.9 Å². The number of para-hydroxylation sites is 1. The van der Waals surface area contributed by atoms with Crippen LogP contribution in [0.3, 0.4) is 0 Å². The van der Waals surface area contributed by atoms with Gasteiger partial charge in [-0.1, -0.05) is 23.9 Å². The van der Waals surface area contributed by atoms with Gasteiger partial charge >= 0.3 is 6.18 Å². The molecule has 0 aliphatic rings. The van der Waals surface area contributed by atoms with Crippen LogP contribution in [-0.2, 0) is 6.18 Å². The average Bonchev–Trinajstić information content (AvgIpc) is 2.61. The SMILES string of the molecule is FC(F)Sc1ccc(NC(=S)NNC(=S)Nc2ccccc2C(F)(F)F)cc1. The number of thioether (sulfide) groups is 1. The molecule has 0 heterocycles. The quantitative estimate of drug-likeness (QED) is 0.220. The third kappa shape index (κ3) is 7.09. The molecule has 0 bridgehead atoms. The predicted molar refractivity (Wildman–Crippen MR) is 108 cm³/mol. The highest BCUT2D eigenvalue weighted by atomic mass is 32.2. The van der Waals surface area contributed by atoms with E-state index in [1.54, 1.807) is 12.1 Å². The molecule has 0 fully saturated rings. The summed E-state index contributed by atoms with van der Waals surface area (Å²) >= 11 is 10.4. The zero-order valence-corrected chi connectivity index (χ0v) is 16.3. The van der Waals surface area contributed by atoms with E-state index >= 15 is 0 Å². The molecule has 4 nitrogen and oxygen atoms in total. The standard InChI is InChI=1S/C16H13F5N4S3/c17-13(18)28-10-7-5-9(6-8-10)22-14(26)24-25-15(27)23-12-4-2-1-3-11(12)16(19,20)21/h1-8,13H,(H2,22,24,26)(H2,23,25,27). The molecule has 12 heteroatoms. The Kier molecular flexibility index (Phi) is 7.78. The van der Waals surface area contributed by atoms with Gasteiger partial charge in [0.25, 0.3) is 5.76 Å². The van der Waals surface area contributed by atoms with Crippen molar-refractivity contribution in [2.45, 2.75) is 16.8 Å². The number of benzene rings is 2. The zero-order chi connectivity index (χ0) is 20.7. The lowest BCUT2D eigenvalue weighted by molar-refractivity contribution is -0.136. The molecule has 28 heavy (non-hydrogen) atoms. The van der Waals surface area contributed by atoms with Gasteiger partial charge in [-0.3, -0.25) is 10.9 Å². The van der Waals surface area contributed by atoms with Crippen molar-refractivity contribution in [3.8, 4) is 0 Å². The van der Waals surface area contributed by atoms with Crippen LogP contribution >= 0.6 is 36.2 Å². The Morgan fingerprint density at radius 3 is 2.00 bits per heavy atom. The van der Waals surface area contributed by atoms with Crippen LogP contribution in [0.5, 0.6) is 0 Å². The highest BCUT2D eigenvalue weighted by molar-refractivity contribution is 7.99. The molecule has 0 aromatic heterocycles. The summed E-state index contributed by atoms with van der Waals surface area (Å²) in [5.74, 6) is -2.51. The lowest BCUT2D eigenvalue weighted by Crippen LogP contribution is -2.45. The fraction of sp³-hybridized carbons (Fsp3) is 0.125. The number of alkyl halides is 5. The van der Waals surface area contributed by atoms with Crippen LogP contribution in [0.4, 0.5) is 33.3 Å². The summed E-state index contributed by atoms with van der Waals surface area (Å²) in [5.41, 5.74) is 4.44. The van der Waals surface area contributed by atoms with Crippen LogP contribution in [0.1, 0.15) is 5.56 Å². The van der Waals surface area contributed by atoms with Crippen molar-refractivity contribution in [3.63, 3.8) is 0 Å². The van der Waals surface area contributed by atoms with E-state index in [2.05, 4.69) is 21.5 Å². The van der Waals surface area contributed by atoms with Gasteiger partial charge in [0, 0.05) is 10.6 Å². The van der Waals surface area contributed by atoms with Gasteiger partial charge in [0.2, 0.25) is 0 Å². The third-order valence-electron chi connectivity index (χ3n) is 3.11. The van der Waals surface area contributed by atoms with Crippen molar-refractivity contribution in [2.24, 2.45) is 0 Å². The molecule has 4 N–H and O–H groups in total. The fourth-order valence-electron chi connectivity index (χ4n) is 1.99. The molecule has 0 aliphatic carbocycles. The molecular formula is C16H13F5N4S3. The molecule has 0 aliphatic heterocycles. The van der Waals surface area contributed by atoms with E-state index in [9.17, 15) is 22.0 Å². The van der Waals surface area contributed by atoms with Gasteiger partial charge in [-0.15, -0.1) is 0 Å². The second kappa shape index (κ2) is 9.85. The van der Waals surface area contributed by atoms with Gasteiger partial charge in [-0.2, -0.15) is 22.0 Å². The Balaban J connectivity index is 1.85. The largest absolute Gasteiger partial charge is 0.418 e. The number of rotatable bonds is 4. The number of halogens is 5. The summed E-state index contributed by atoms with van der Waals surface area (Å²) in [6, 6.07) is 11.0. The Morgan fingerprint density at radius 2 is 1.43 bits per heavy atom. The van der Waals surface area contributed by atoms with Crippen LogP contribution in [0, 0.1) is 0 Å². The molecule has 0 saturated carbocycles. The Morgan fingerprint density at radius 1 is 0.857 bits per heavy atom. The average molecular weight is 452 g/mol. The van der Waals surface area contributed by atoms with E-state index in [4.69, 9.17) is 24.4 Å². The summed E-state index contributed by atoms with van der Waals surface area (Å²) in [6.45, 7) is 0. The number of hydrogen-bond acceptors (Lipinski definition) is 3. The smallest absolute Gasteiger partial charge is 0.331 e. The monoisotopic (exact) mass is 452 g/mol. The summed E-state index contributed by atoms with van der Waals surface area (Å²) in [4.78, 5) is 0.395. The lowest BCUT2D eigenvalue weighted by Gasteiger charge is -2.17. The van der Waals surface area contributed by atoms with Crippen LogP contribution in [-0.4, -0.2) is 16.0 Å². The van der Waals surface area contributed by atoms with E-state index < -0.39 is 17.5 Å². The van der Waals surface area contributed by atoms with Gasteiger partial charge in [0.1, 0.15) is 0 Å². The maximum absolute atomic E-state index is 13.0. The molecule has 0 radical (unpaired) electrons. The third-order valence-corrected chi connectivity index (χ3v) is 4.24. The molecular weight excluding hydrogens is 439 g/mol. The predicted octanol–water partition coefficient (Wildman–Crippen LogP) is 5.21. The van der Waals surface area contributed by atoms with Gasteiger partial charge in [-0.05, 0) is 60.8 Å². The molecule has 2 aromatic carbocycles. The van der Waals surface area contributed by atoms with Gasteiger partial charge in [0.15, 0.2) is 10.2 Å². The first-order chi connectivity index (χ1) is 13.1. The second-order valence-electron chi connectivity index (χ2n) is 5.10. The topological polar surface area (TPSA) is 48.1 Å². The van der Waals surface area contributed by atoms with Crippen molar-refractivity contribution in [2.75, 3.05) is 10.6 Å². The number of nitrogens with one attached hydrogen (secondary N) is 4. The zero-order valence-electron chi connectivity index (χ0n) is 13.8. The Hall–Kier alpha value is -2.18. The minimum atomic E-state index is -4.53. The summed E-state index contributed by atoms with van der Waals surface area (Å²) in [5, 5.41) is 5.15. The summed E-state index contributed by atoms with van der Waals surface area (Å²) < 4.78 is 63.4. The molecule has 0 amide bonds. The van der Waals surface area contributed by atoms with Crippen LogP contribution in [0.15, 0.2) is 53.4 Å². The number of thiocarbonyl (C=S) groups is 2. The van der Waals surface area contributed by atoms with Crippen molar-refractivity contribution in [1.29, 1.82) is 0 Å². The Labute approximate surface area is 172 Å². The fourth-order valence-corrected chi connectivity index (χ4v) is 2.82. The van der Waals surface area contributed by atoms with Gasteiger partial charge in [-0.25, -0.2) is 0 Å². The summed E-state index contributed by atoms with van der Waals surface area (Å²) in [7, 11) is 0. The van der Waals surface area contributed by atoms with E-state index in [0.29, 0.717) is 22.3 Å². The van der Waals surface area contributed by atoms with Crippen LogP contribution in [0.25, 0.3) is 0 Å². The van der Waals surface area contributed by atoms with Crippen LogP contribution in [0.2, 0.25) is 0 Å². The molecule has 0 spiro atoms. The highest BCUT2D eigenvalue weighted by Gasteiger charge is 2.33. The van der Waals surface area contributed by atoms with E-state index in [0.717, 1.165) is 6.07 Å². The molecule has 0 unspecified atom stereocenters. The molecule has 2 rings (SSSR count). The number of hydrogen-bond donors (Lipinski definition) is 4. The molecule has 2 aromatic rings. The Bertz CT molecular complexity index is 828. The first-order valence-electron chi connectivity index (χ1n) is 7.50. The van der Waals surface area contributed by atoms with Crippen molar-refractivity contribution in [3.05, 3.63) is 54.1 Å². The normalized spacial score (nSPS) is 11.1. The molecule has 0 atom stereocenters. The molecule has 0 saturated heterocycles. The highest BCUT2D eigenvalue weighted by Crippen LogP contribution is 2.34. The van der Waals surface area contributed by atoms with E-state index in [1.807, 2.05) is 0 Å². The van der Waals surface area contributed by atoms with Crippen molar-refractivity contribution < 1.29 is 22.0 Å². The van der Waals surface area contributed by atoms with E-state index in [-0.39, 0.29) is 15.9 Å². The summed E-state index contributed by atoms with van der Waals surface area (Å²) in [6.07, 6.45) is -4.53. The lowest BCUT2D eigenvalue weighted by atomic mass is 10.2. The number of anilines is 2. The van der Waals surface area contributed by atoms with Crippen molar-refractivity contribution >= 4 is 57.8 Å².